The maximum atomic E-state index is 14.6. The molecule has 1 amide bonds. The second-order valence-electron chi connectivity index (χ2n) is 15.0. The zero-order valence-electron chi connectivity index (χ0n) is 26.7. The van der Waals surface area contributed by atoms with E-state index in [-0.39, 0.29) is 52.3 Å². The summed E-state index contributed by atoms with van der Waals surface area (Å²) in [6.07, 6.45) is 6.76. The molecule has 7 heteroatoms. The first kappa shape index (κ1) is 30.1. The van der Waals surface area contributed by atoms with Crippen molar-refractivity contribution in [3.8, 4) is 16.9 Å². The molecule has 0 bridgehead atoms. The Hall–Kier alpha value is -3.58. The van der Waals surface area contributed by atoms with E-state index in [0.29, 0.717) is 24.0 Å². The van der Waals surface area contributed by atoms with Crippen LogP contribution in [0.4, 0.5) is 0 Å². The third-order valence-electron chi connectivity index (χ3n) is 12.0. The number of hydrogen-bond acceptors (Lipinski definition) is 6. The van der Waals surface area contributed by atoms with Crippen molar-refractivity contribution in [1.29, 1.82) is 0 Å². The molecule has 2 aromatic rings. The lowest BCUT2D eigenvalue weighted by Crippen LogP contribution is -2.54. The number of benzene rings is 2. The van der Waals surface area contributed by atoms with Crippen molar-refractivity contribution in [3.63, 3.8) is 0 Å². The summed E-state index contributed by atoms with van der Waals surface area (Å²) in [7, 11) is 0. The lowest BCUT2D eigenvalue weighted by molar-refractivity contribution is -0.133. The highest BCUT2D eigenvalue weighted by molar-refractivity contribution is 6.08. The number of fused-ring (bicyclic) bond motifs is 3. The molecule has 45 heavy (non-hydrogen) atoms. The Bertz CT molecular complexity index is 1650. The SMILES string of the molecule is CCCN(Cc1cccc(-c2ccc(O)c3c2CC2CC4CC(O)=C(C(N)=O)[C@@](C)(C5(C)CC5)C4C(=O)C2=C3O)c1)CC1CC1. The predicted octanol–water partition coefficient (Wildman–Crippen LogP) is 6.84. The molecule has 0 aromatic heterocycles. The van der Waals surface area contributed by atoms with Crippen molar-refractivity contribution >= 4 is 17.4 Å². The quantitative estimate of drug-likeness (QED) is 0.247. The maximum absolute atomic E-state index is 14.6. The Morgan fingerprint density at radius 1 is 1.07 bits per heavy atom. The standard InChI is InChI=1S/C38H46N2O5/c1-4-14-40(19-21-8-9-21)20-22-6-5-7-23(15-22)26-10-11-28(41)31-27(26)17-24-16-25-18-29(42)33(36(39)45)38(3,37(2)12-13-37)32(25)35(44)30(24)34(31)43/h5-7,10-11,15,21,24-25,32,41-43H,4,8-9,12-14,16-20H2,1-3H3,(H2,39,45)/t24?,25?,32?,38-/m0/s1. The van der Waals surface area contributed by atoms with Crippen molar-refractivity contribution < 1.29 is 24.9 Å². The summed E-state index contributed by atoms with van der Waals surface area (Å²) < 4.78 is 0. The molecule has 3 unspecified atom stereocenters. The molecule has 0 aliphatic heterocycles. The van der Waals surface area contributed by atoms with Crippen molar-refractivity contribution in [2.24, 2.45) is 40.2 Å². The molecule has 2 aromatic carbocycles. The van der Waals surface area contributed by atoms with Gasteiger partial charge in [0.15, 0.2) is 5.78 Å². The van der Waals surface area contributed by atoms with Gasteiger partial charge in [-0.3, -0.25) is 14.5 Å². The number of carbonyl (C=O) groups is 2. The summed E-state index contributed by atoms with van der Waals surface area (Å²) in [6, 6.07) is 12.1. The Balaban J connectivity index is 1.28. The van der Waals surface area contributed by atoms with Crippen LogP contribution in [0.15, 0.2) is 53.3 Å². The Morgan fingerprint density at radius 2 is 1.82 bits per heavy atom. The van der Waals surface area contributed by atoms with Crippen LogP contribution < -0.4 is 5.73 Å². The molecule has 5 aliphatic rings. The Labute approximate surface area is 265 Å². The lowest BCUT2D eigenvalue weighted by Gasteiger charge is -2.53. The predicted molar refractivity (Wildman–Crippen MR) is 174 cm³/mol. The number of amides is 1. The first-order valence-electron chi connectivity index (χ1n) is 16.8. The molecule has 0 heterocycles. The van der Waals surface area contributed by atoms with Gasteiger partial charge in [-0.05, 0) is 109 Å². The van der Waals surface area contributed by atoms with Gasteiger partial charge >= 0.3 is 0 Å². The van der Waals surface area contributed by atoms with Crippen LogP contribution in [-0.2, 0) is 22.6 Å². The van der Waals surface area contributed by atoms with Crippen molar-refractivity contribution in [2.75, 3.05) is 13.1 Å². The molecular formula is C38H46N2O5. The minimum atomic E-state index is -0.934. The molecule has 238 valence electrons. The van der Waals surface area contributed by atoms with E-state index in [1.807, 2.05) is 13.0 Å². The highest BCUT2D eigenvalue weighted by Gasteiger charge is 2.66. The van der Waals surface area contributed by atoms with Gasteiger partial charge in [0.05, 0.1) is 11.1 Å². The van der Waals surface area contributed by atoms with E-state index in [4.69, 9.17) is 5.73 Å². The van der Waals surface area contributed by atoms with Crippen LogP contribution in [0.2, 0.25) is 0 Å². The number of nitrogens with two attached hydrogens (primary N) is 1. The fraction of sp³-hybridized carbons (Fsp3) is 0.526. The second-order valence-corrected chi connectivity index (χ2v) is 15.0. The van der Waals surface area contributed by atoms with Gasteiger partial charge in [0.2, 0.25) is 5.91 Å². The van der Waals surface area contributed by atoms with Gasteiger partial charge in [-0.1, -0.05) is 45.0 Å². The summed E-state index contributed by atoms with van der Waals surface area (Å²) >= 11 is 0. The van der Waals surface area contributed by atoms with E-state index >= 15 is 0 Å². The van der Waals surface area contributed by atoms with E-state index in [1.54, 1.807) is 6.07 Å². The van der Waals surface area contributed by atoms with Crippen LogP contribution in [0.25, 0.3) is 16.9 Å². The van der Waals surface area contributed by atoms with Gasteiger partial charge in [-0.2, -0.15) is 0 Å². The number of ketones is 1. The number of hydrogen-bond donors (Lipinski definition) is 4. The first-order valence-corrected chi connectivity index (χ1v) is 16.8. The van der Waals surface area contributed by atoms with Crippen molar-refractivity contribution in [1.82, 2.24) is 4.90 Å². The molecule has 3 fully saturated rings. The van der Waals surface area contributed by atoms with E-state index in [2.05, 4.69) is 43.0 Å². The molecule has 5 aliphatic carbocycles. The number of primary amides is 1. The average molecular weight is 611 g/mol. The second kappa shape index (κ2) is 10.8. The van der Waals surface area contributed by atoms with E-state index < -0.39 is 17.2 Å². The summed E-state index contributed by atoms with van der Waals surface area (Å²) in [6.45, 7) is 9.29. The van der Waals surface area contributed by atoms with Gasteiger partial charge in [0.1, 0.15) is 17.3 Å². The largest absolute Gasteiger partial charge is 0.512 e. The highest BCUT2D eigenvalue weighted by Crippen LogP contribution is 2.69. The Kier molecular flexibility index (Phi) is 7.19. The van der Waals surface area contributed by atoms with Crippen LogP contribution in [0.1, 0.15) is 82.4 Å². The summed E-state index contributed by atoms with van der Waals surface area (Å²) in [5.41, 5.74) is 9.49. The average Bonchev–Trinajstić information content (AvgIpc) is 3.91. The van der Waals surface area contributed by atoms with Gasteiger partial charge in [-0.25, -0.2) is 0 Å². The van der Waals surface area contributed by atoms with E-state index in [9.17, 15) is 24.9 Å². The van der Waals surface area contributed by atoms with Crippen LogP contribution in [0, 0.1) is 34.5 Å². The number of Topliss-reactive ketones (excluding diaryl/α,β-unsaturated/α-hetero) is 1. The number of aliphatic hydroxyl groups excluding tert-OH is 2. The van der Waals surface area contributed by atoms with Gasteiger partial charge in [0.25, 0.3) is 0 Å². The number of aromatic hydroxyl groups is 1. The highest BCUT2D eigenvalue weighted by atomic mass is 16.3. The van der Waals surface area contributed by atoms with E-state index in [1.165, 1.54) is 18.4 Å². The molecule has 0 saturated heterocycles. The van der Waals surface area contributed by atoms with Gasteiger partial charge < -0.3 is 21.1 Å². The molecule has 3 saturated carbocycles. The number of rotatable bonds is 9. The molecule has 0 spiro atoms. The fourth-order valence-electron chi connectivity index (χ4n) is 9.30. The maximum Gasteiger partial charge on any atom is 0.248 e. The molecular weight excluding hydrogens is 564 g/mol. The summed E-state index contributed by atoms with van der Waals surface area (Å²) in [5.74, 6) is -1.24. The number of allylic oxidation sites excluding steroid dienone is 2. The first-order chi connectivity index (χ1) is 21.5. The van der Waals surface area contributed by atoms with Crippen LogP contribution >= 0.6 is 0 Å². The van der Waals surface area contributed by atoms with Crippen LogP contribution in [-0.4, -0.2) is 45.0 Å². The van der Waals surface area contributed by atoms with E-state index in [0.717, 1.165) is 61.5 Å². The fourth-order valence-corrected chi connectivity index (χ4v) is 9.30. The lowest BCUT2D eigenvalue weighted by atomic mass is 9.49. The van der Waals surface area contributed by atoms with Crippen LogP contribution in [0.3, 0.4) is 0 Å². The number of phenolic OH excluding ortho intramolecular Hbond substituents is 1. The molecule has 0 radical (unpaired) electrons. The minimum Gasteiger partial charge on any atom is -0.512 e. The molecule has 4 atom stereocenters. The molecule has 7 rings (SSSR count). The van der Waals surface area contributed by atoms with Crippen LogP contribution in [0.5, 0.6) is 5.75 Å². The normalized spacial score (nSPS) is 28.5. The number of phenols is 1. The third-order valence-corrected chi connectivity index (χ3v) is 12.0. The Morgan fingerprint density at radius 3 is 2.49 bits per heavy atom. The zero-order chi connectivity index (χ0) is 31.8. The monoisotopic (exact) mass is 610 g/mol. The summed E-state index contributed by atoms with van der Waals surface area (Å²) in [5, 5.41) is 34.1. The third kappa shape index (κ3) is 4.81. The molecule has 5 N–H and O–H groups in total. The topological polar surface area (TPSA) is 124 Å². The zero-order valence-corrected chi connectivity index (χ0v) is 26.7. The van der Waals surface area contributed by atoms with Gasteiger partial charge in [-0.15, -0.1) is 0 Å². The van der Waals surface area contributed by atoms with Crippen molar-refractivity contribution in [3.05, 3.63) is 70.0 Å². The minimum absolute atomic E-state index is 0.00832. The summed E-state index contributed by atoms with van der Waals surface area (Å²) in [4.78, 5) is 29.8. The number of aliphatic hydroxyl groups is 2. The van der Waals surface area contributed by atoms with Gasteiger partial charge in [0, 0.05) is 36.4 Å². The number of nitrogens with zero attached hydrogens (tertiary/aromatic N) is 1. The number of carbonyl (C=O) groups excluding carboxylic acids is 2. The smallest absolute Gasteiger partial charge is 0.248 e. The molecule has 7 nitrogen and oxygen atoms in total. The van der Waals surface area contributed by atoms with Crippen molar-refractivity contribution in [2.45, 2.75) is 78.7 Å².